The number of carbonyl (C=O) groups excluding carboxylic acids is 1. The van der Waals surface area contributed by atoms with Crippen molar-refractivity contribution in [2.75, 3.05) is 39.5 Å². The molecule has 0 aromatic carbocycles. The van der Waals surface area contributed by atoms with Gasteiger partial charge in [0.1, 0.15) is 0 Å². The second-order valence-corrected chi connectivity index (χ2v) is 16.0. The summed E-state index contributed by atoms with van der Waals surface area (Å²) in [7, 11) is 0. The zero-order valence-electron chi connectivity index (χ0n) is 35.6. The Kier molecular flexibility index (Phi) is 40.1. The number of rotatable bonds is 42. The van der Waals surface area contributed by atoms with E-state index in [1.54, 1.807) is 0 Å². The third-order valence-corrected chi connectivity index (χ3v) is 11.0. The minimum atomic E-state index is 0.0589. The molecular weight excluding hydrogens is 645 g/mol. The second kappa shape index (κ2) is 41.0. The molecule has 0 rings (SSSR count). The van der Waals surface area contributed by atoms with Gasteiger partial charge in [-0.1, -0.05) is 182 Å². The minimum Gasteiger partial charge on any atom is -0.481 e. The fourth-order valence-electron chi connectivity index (χ4n) is 7.39. The van der Waals surface area contributed by atoms with E-state index in [1.807, 2.05) is 0 Å². The molecule has 0 aromatic heterocycles. The smallest absolute Gasteiger partial charge is 0.308 e. The maximum atomic E-state index is 12.7. The molecule has 310 valence electrons. The average molecular weight is 737 g/mol. The molecule has 0 radical (unpaired) electrons. The van der Waals surface area contributed by atoms with Crippen LogP contribution in [0.15, 0.2) is 0 Å². The first-order valence-electron chi connectivity index (χ1n) is 23.2. The van der Waals surface area contributed by atoms with Crippen LogP contribution >= 0.6 is 0 Å². The average Bonchev–Trinajstić information content (AvgIpc) is 3.15. The Morgan fingerprint density at radius 3 is 1.33 bits per heavy atom. The van der Waals surface area contributed by atoms with E-state index >= 15 is 0 Å². The van der Waals surface area contributed by atoms with Gasteiger partial charge in [0, 0.05) is 12.5 Å². The van der Waals surface area contributed by atoms with Crippen LogP contribution in [0, 0.1) is 17.2 Å². The summed E-state index contributed by atoms with van der Waals surface area (Å²) in [5, 5.41) is 18.0. The monoisotopic (exact) mass is 737 g/mol. The molecule has 2 N–H and O–H groups in total. The van der Waals surface area contributed by atoms with Gasteiger partial charge >= 0.3 is 5.97 Å². The van der Waals surface area contributed by atoms with Crippen LogP contribution in [0.5, 0.6) is 0 Å². The molecule has 0 aliphatic rings. The van der Waals surface area contributed by atoms with Crippen molar-refractivity contribution >= 4 is 11.9 Å². The third-order valence-electron chi connectivity index (χ3n) is 11.0. The maximum absolute atomic E-state index is 12.7. The highest BCUT2D eigenvalue weighted by molar-refractivity contribution is 5.75. The number of hydrogen-bond acceptors (Lipinski definition) is 6. The summed E-state index contributed by atoms with van der Waals surface area (Å²) in [6, 6.07) is 0. The number of aliphatic hydroxyl groups excluding tert-OH is 1. The van der Waals surface area contributed by atoms with Crippen LogP contribution in [0.4, 0.5) is 0 Å². The lowest BCUT2D eigenvalue weighted by atomic mass is 9.95. The van der Waals surface area contributed by atoms with Crippen molar-refractivity contribution < 1.29 is 19.4 Å². The summed E-state index contributed by atoms with van der Waals surface area (Å²) in [4.78, 5) is 15.2. The molecule has 0 amide bonds. The van der Waals surface area contributed by atoms with Crippen molar-refractivity contribution in [2.24, 2.45) is 11.8 Å². The molecule has 0 bridgehead atoms. The van der Waals surface area contributed by atoms with E-state index in [0.29, 0.717) is 25.0 Å². The van der Waals surface area contributed by atoms with E-state index < -0.39 is 0 Å². The predicted octanol–water partition coefficient (Wildman–Crippen LogP) is 13.6. The number of hydrogen-bond donors (Lipinski definition) is 2. The van der Waals surface area contributed by atoms with E-state index in [9.17, 15) is 9.90 Å². The van der Waals surface area contributed by atoms with Gasteiger partial charge < -0.3 is 19.5 Å². The molecule has 52 heavy (non-hydrogen) atoms. The molecule has 0 saturated carbocycles. The van der Waals surface area contributed by atoms with Crippen LogP contribution in [0.3, 0.4) is 0 Å². The zero-order chi connectivity index (χ0) is 38.2. The molecule has 6 nitrogen and oxygen atoms in total. The van der Waals surface area contributed by atoms with Crippen molar-refractivity contribution in [1.29, 1.82) is 5.41 Å². The standard InChI is InChI=1S/C46H92N2O4/c1-5-9-13-15-22-28-36-44(34-12-8-4)46(50)52-42-32-26-21-17-19-24-30-38-48(39-40-49)37-29-23-18-16-20-25-31-41-51-45(47)43(33-11-7-3)35-27-14-10-6-2/h43-44,47,49H,5-42H2,1-4H3. The Balaban J connectivity index is 3.85. The van der Waals surface area contributed by atoms with Crippen LogP contribution in [-0.4, -0.2) is 61.3 Å². The van der Waals surface area contributed by atoms with E-state index in [4.69, 9.17) is 14.9 Å². The Morgan fingerprint density at radius 2 is 0.827 bits per heavy atom. The lowest BCUT2D eigenvalue weighted by Crippen LogP contribution is -2.29. The number of esters is 1. The van der Waals surface area contributed by atoms with Gasteiger partial charge in [-0.25, -0.2) is 0 Å². The molecule has 6 heteroatoms. The fraction of sp³-hybridized carbons (Fsp3) is 0.957. The summed E-state index contributed by atoms with van der Waals surface area (Å²) in [5.74, 6) is 1.05. The number of unbranched alkanes of at least 4 members (excludes halogenated alkanes) is 22. The van der Waals surface area contributed by atoms with Crippen LogP contribution in [0.25, 0.3) is 0 Å². The summed E-state index contributed by atoms with van der Waals surface area (Å²) in [6.45, 7) is 13.5. The van der Waals surface area contributed by atoms with Crippen molar-refractivity contribution in [3.05, 3.63) is 0 Å². The van der Waals surface area contributed by atoms with E-state index in [0.717, 1.165) is 83.8 Å². The predicted molar refractivity (Wildman–Crippen MR) is 226 cm³/mol. The lowest BCUT2D eigenvalue weighted by Gasteiger charge is -2.21. The fourth-order valence-corrected chi connectivity index (χ4v) is 7.39. The van der Waals surface area contributed by atoms with Gasteiger partial charge in [-0.15, -0.1) is 0 Å². The van der Waals surface area contributed by atoms with E-state index in [2.05, 4.69) is 32.6 Å². The van der Waals surface area contributed by atoms with Crippen LogP contribution in [0.1, 0.15) is 233 Å². The molecule has 0 heterocycles. The SMILES string of the molecule is CCCCCCCCC(CCCC)C(=O)OCCCCCCCCCN(CCO)CCCCCCCCCOC(=N)C(CCCC)CCCCCC. The van der Waals surface area contributed by atoms with Crippen molar-refractivity contribution in [1.82, 2.24) is 4.90 Å². The Hall–Kier alpha value is -1.14. The van der Waals surface area contributed by atoms with E-state index in [1.165, 1.54) is 141 Å². The summed E-state index contributed by atoms with van der Waals surface area (Å²) >= 11 is 0. The Bertz CT molecular complexity index is 748. The quantitative estimate of drug-likeness (QED) is 0.0282. The first-order chi connectivity index (χ1) is 25.5. The summed E-state index contributed by atoms with van der Waals surface area (Å²) in [6.07, 6.45) is 38.6. The van der Waals surface area contributed by atoms with Gasteiger partial charge in [0.05, 0.1) is 25.7 Å². The van der Waals surface area contributed by atoms with Gasteiger partial charge in [-0.05, 0) is 64.5 Å². The number of nitrogens with zero attached hydrogens (tertiary/aromatic N) is 1. The molecule has 0 fully saturated rings. The summed E-state index contributed by atoms with van der Waals surface area (Å²) in [5.41, 5.74) is 0. The number of ether oxygens (including phenoxy) is 2. The maximum Gasteiger partial charge on any atom is 0.308 e. The van der Waals surface area contributed by atoms with Gasteiger partial charge in [0.15, 0.2) is 5.90 Å². The molecule has 0 saturated heterocycles. The van der Waals surface area contributed by atoms with Crippen molar-refractivity contribution in [3.63, 3.8) is 0 Å². The van der Waals surface area contributed by atoms with Crippen molar-refractivity contribution in [2.45, 2.75) is 233 Å². The number of nitrogens with one attached hydrogen (secondary N) is 1. The molecule has 0 aliphatic heterocycles. The van der Waals surface area contributed by atoms with Gasteiger partial charge in [0.2, 0.25) is 0 Å². The van der Waals surface area contributed by atoms with Crippen LogP contribution in [0.2, 0.25) is 0 Å². The normalized spacial score (nSPS) is 12.7. The molecular formula is C46H92N2O4. The van der Waals surface area contributed by atoms with Crippen LogP contribution in [-0.2, 0) is 14.3 Å². The van der Waals surface area contributed by atoms with Gasteiger partial charge in [-0.2, -0.15) is 0 Å². The molecule has 2 atom stereocenters. The Labute approximate surface area is 325 Å². The van der Waals surface area contributed by atoms with Crippen molar-refractivity contribution in [3.8, 4) is 0 Å². The van der Waals surface area contributed by atoms with Gasteiger partial charge in [-0.3, -0.25) is 10.2 Å². The minimum absolute atomic E-state index is 0.0589. The summed E-state index contributed by atoms with van der Waals surface area (Å²) < 4.78 is 11.6. The highest BCUT2D eigenvalue weighted by atomic mass is 16.5. The zero-order valence-corrected chi connectivity index (χ0v) is 35.6. The van der Waals surface area contributed by atoms with E-state index in [-0.39, 0.29) is 18.5 Å². The second-order valence-electron chi connectivity index (χ2n) is 16.0. The molecule has 0 aromatic rings. The molecule has 0 spiro atoms. The topological polar surface area (TPSA) is 82.8 Å². The Morgan fingerprint density at radius 1 is 0.462 bits per heavy atom. The largest absolute Gasteiger partial charge is 0.481 e. The first kappa shape index (κ1) is 50.9. The third kappa shape index (κ3) is 33.4. The lowest BCUT2D eigenvalue weighted by molar-refractivity contribution is -0.149. The molecule has 2 unspecified atom stereocenters. The first-order valence-corrected chi connectivity index (χ1v) is 23.2. The number of carbonyl (C=O) groups is 1. The highest BCUT2D eigenvalue weighted by Gasteiger charge is 2.19. The number of aliphatic hydroxyl groups is 1. The highest BCUT2D eigenvalue weighted by Crippen LogP contribution is 2.21. The van der Waals surface area contributed by atoms with Gasteiger partial charge in [0.25, 0.3) is 0 Å². The van der Waals surface area contributed by atoms with Crippen LogP contribution < -0.4 is 0 Å². The molecule has 0 aliphatic carbocycles.